The van der Waals surface area contributed by atoms with Crippen LogP contribution in [0.15, 0.2) is 54.6 Å². The number of nitrogens with one attached hydrogen (secondary N) is 1. The van der Waals surface area contributed by atoms with Crippen molar-refractivity contribution in [2.24, 2.45) is 0 Å². The Hall–Kier alpha value is -2.89. The lowest BCUT2D eigenvalue weighted by atomic mass is 10.1. The Morgan fingerprint density at radius 2 is 1.75 bits per heavy atom. The van der Waals surface area contributed by atoms with Crippen LogP contribution in [0.1, 0.15) is 5.56 Å². The highest BCUT2D eigenvalue weighted by Crippen LogP contribution is 2.14. The second-order valence-corrected chi connectivity index (χ2v) is 5.48. The van der Waals surface area contributed by atoms with Crippen LogP contribution in [0.2, 0.25) is 0 Å². The first kappa shape index (κ1) is 16.0. The number of amides is 3. The fourth-order valence-electron chi connectivity index (χ4n) is 2.56. The van der Waals surface area contributed by atoms with Crippen LogP contribution in [0, 0.1) is 5.82 Å². The molecule has 2 aromatic rings. The highest BCUT2D eigenvalue weighted by atomic mass is 19.1. The van der Waals surface area contributed by atoms with Crippen LogP contribution in [0.25, 0.3) is 0 Å². The minimum atomic E-state index is -0.550. The summed E-state index contributed by atoms with van der Waals surface area (Å²) in [7, 11) is 0. The van der Waals surface area contributed by atoms with E-state index in [1.807, 2.05) is 30.3 Å². The van der Waals surface area contributed by atoms with Crippen LogP contribution in [-0.4, -0.2) is 36.0 Å². The molecule has 0 saturated carbocycles. The normalized spacial score (nSPS) is 17.0. The van der Waals surface area contributed by atoms with E-state index in [9.17, 15) is 14.0 Å². The maximum Gasteiger partial charge on any atom is 0.324 e. The lowest BCUT2D eigenvalue weighted by Gasteiger charge is -2.14. The van der Waals surface area contributed by atoms with E-state index in [1.54, 1.807) is 0 Å². The Morgan fingerprint density at radius 3 is 2.46 bits per heavy atom. The topological polar surface area (TPSA) is 58.6 Å². The number of carbonyl (C=O) groups excluding carboxylic acids is 2. The van der Waals surface area contributed by atoms with Crippen LogP contribution < -0.4 is 10.1 Å². The fourth-order valence-corrected chi connectivity index (χ4v) is 2.56. The van der Waals surface area contributed by atoms with Gasteiger partial charge in [-0.05, 0) is 29.8 Å². The van der Waals surface area contributed by atoms with Gasteiger partial charge in [-0.3, -0.25) is 9.69 Å². The predicted octanol–water partition coefficient (Wildman–Crippen LogP) is 2.37. The summed E-state index contributed by atoms with van der Waals surface area (Å²) in [5.41, 5.74) is 0.987. The molecule has 1 unspecified atom stereocenters. The number of rotatable bonds is 6. The number of halogens is 1. The van der Waals surface area contributed by atoms with Crippen molar-refractivity contribution >= 4 is 11.9 Å². The molecule has 3 rings (SSSR count). The number of ether oxygens (including phenoxy) is 1. The zero-order chi connectivity index (χ0) is 16.9. The van der Waals surface area contributed by atoms with E-state index in [0.29, 0.717) is 12.2 Å². The van der Waals surface area contributed by atoms with Gasteiger partial charge in [0.25, 0.3) is 5.91 Å². The smallest absolute Gasteiger partial charge is 0.324 e. The molecule has 124 valence electrons. The first-order chi connectivity index (χ1) is 11.6. The molecule has 1 atom stereocenters. The number of hydrogen-bond acceptors (Lipinski definition) is 3. The lowest BCUT2D eigenvalue weighted by molar-refractivity contribution is -0.127. The summed E-state index contributed by atoms with van der Waals surface area (Å²) >= 11 is 0. The van der Waals surface area contributed by atoms with Crippen LogP contribution in [-0.2, 0) is 11.2 Å². The van der Waals surface area contributed by atoms with Gasteiger partial charge in [0.2, 0.25) is 0 Å². The maximum absolute atomic E-state index is 12.8. The molecule has 0 aromatic heterocycles. The summed E-state index contributed by atoms with van der Waals surface area (Å²) in [4.78, 5) is 25.5. The van der Waals surface area contributed by atoms with Gasteiger partial charge in [0, 0.05) is 6.42 Å². The average Bonchev–Trinajstić information content (AvgIpc) is 2.85. The Labute approximate surface area is 139 Å². The summed E-state index contributed by atoms with van der Waals surface area (Å²) in [5, 5.41) is 2.69. The van der Waals surface area contributed by atoms with E-state index in [2.05, 4.69) is 5.32 Å². The number of carbonyl (C=O) groups is 2. The van der Waals surface area contributed by atoms with Gasteiger partial charge in [-0.2, -0.15) is 0 Å². The van der Waals surface area contributed by atoms with E-state index >= 15 is 0 Å². The van der Waals surface area contributed by atoms with Crippen molar-refractivity contribution in [2.75, 3.05) is 13.2 Å². The molecule has 1 N–H and O–H groups in total. The molecule has 1 fully saturated rings. The van der Waals surface area contributed by atoms with Crippen molar-refractivity contribution in [1.29, 1.82) is 0 Å². The van der Waals surface area contributed by atoms with Crippen molar-refractivity contribution in [3.8, 4) is 5.75 Å². The molecule has 1 aliphatic heterocycles. The third-order valence-electron chi connectivity index (χ3n) is 3.79. The molecule has 0 bridgehead atoms. The number of benzene rings is 2. The van der Waals surface area contributed by atoms with E-state index in [1.165, 1.54) is 24.3 Å². The molecular weight excluding hydrogens is 311 g/mol. The minimum absolute atomic E-state index is 0.146. The molecule has 1 heterocycles. The quantitative estimate of drug-likeness (QED) is 0.828. The maximum atomic E-state index is 12.8. The van der Waals surface area contributed by atoms with Crippen LogP contribution in [0.4, 0.5) is 9.18 Å². The molecule has 5 nitrogen and oxygen atoms in total. The Kier molecular flexibility index (Phi) is 4.74. The second-order valence-electron chi connectivity index (χ2n) is 5.48. The first-order valence-corrected chi connectivity index (χ1v) is 7.67. The van der Waals surface area contributed by atoms with Gasteiger partial charge in [-0.15, -0.1) is 0 Å². The Morgan fingerprint density at radius 1 is 1.04 bits per heavy atom. The SMILES string of the molecule is O=C1NC(Cc2ccccc2)C(=O)N1CCOc1ccc(F)cc1. The van der Waals surface area contributed by atoms with Gasteiger partial charge < -0.3 is 10.1 Å². The van der Waals surface area contributed by atoms with E-state index in [-0.39, 0.29) is 24.9 Å². The van der Waals surface area contributed by atoms with Crippen LogP contribution in [0.3, 0.4) is 0 Å². The molecular formula is C18H17FN2O3. The largest absolute Gasteiger partial charge is 0.492 e. The number of hydrogen-bond donors (Lipinski definition) is 1. The molecule has 1 aliphatic rings. The average molecular weight is 328 g/mol. The Balaban J connectivity index is 1.53. The van der Waals surface area contributed by atoms with E-state index < -0.39 is 12.1 Å². The van der Waals surface area contributed by atoms with Gasteiger partial charge in [0.15, 0.2) is 0 Å². The fraction of sp³-hybridized carbons (Fsp3) is 0.222. The van der Waals surface area contributed by atoms with Gasteiger partial charge in [0.1, 0.15) is 24.2 Å². The zero-order valence-corrected chi connectivity index (χ0v) is 12.9. The second kappa shape index (κ2) is 7.12. The molecule has 24 heavy (non-hydrogen) atoms. The zero-order valence-electron chi connectivity index (χ0n) is 12.9. The number of imide groups is 1. The monoisotopic (exact) mass is 328 g/mol. The molecule has 0 aliphatic carbocycles. The molecule has 2 aromatic carbocycles. The third kappa shape index (κ3) is 3.71. The summed E-state index contributed by atoms with van der Waals surface area (Å²) in [6, 6.07) is 14.1. The first-order valence-electron chi connectivity index (χ1n) is 7.67. The van der Waals surface area contributed by atoms with E-state index in [4.69, 9.17) is 4.74 Å². The van der Waals surface area contributed by atoms with Crippen LogP contribution in [0.5, 0.6) is 5.75 Å². The molecule has 6 heteroatoms. The summed E-state index contributed by atoms with van der Waals surface area (Å²) < 4.78 is 18.3. The minimum Gasteiger partial charge on any atom is -0.492 e. The number of urea groups is 1. The van der Waals surface area contributed by atoms with Crippen molar-refractivity contribution in [3.05, 3.63) is 66.0 Å². The van der Waals surface area contributed by atoms with Gasteiger partial charge in [0.05, 0.1) is 6.54 Å². The standard InChI is InChI=1S/C18H17FN2O3/c19-14-6-8-15(9-7-14)24-11-10-21-17(22)16(20-18(21)23)12-13-4-2-1-3-5-13/h1-9,16H,10-12H2,(H,20,23). The van der Waals surface area contributed by atoms with Crippen molar-refractivity contribution in [2.45, 2.75) is 12.5 Å². The van der Waals surface area contributed by atoms with E-state index in [0.717, 1.165) is 10.5 Å². The third-order valence-corrected chi connectivity index (χ3v) is 3.79. The van der Waals surface area contributed by atoms with Gasteiger partial charge >= 0.3 is 6.03 Å². The highest BCUT2D eigenvalue weighted by Gasteiger charge is 2.37. The highest BCUT2D eigenvalue weighted by molar-refractivity contribution is 6.04. The lowest BCUT2D eigenvalue weighted by Crippen LogP contribution is -2.35. The molecule has 0 radical (unpaired) electrons. The molecule has 0 spiro atoms. The van der Waals surface area contributed by atoms with Crippen LogP contribution >= 0.6 is 0 Å². The van der Waals surface area contributed by atoms with Gasteiger partial charge in [-0.1, -0.05) is 30.3 Å². The Bertz CT molecular complexity index is 719. The van der Waals surface area contributed by atoms with Crippen molar-refractivity contribution < 1.29 is 18.7 Å². The summed E-state index contributed by atoms with van der Waals surface area (Å²) in [6.45, 7) is 0.302. The van der Waals surface area contributed by atoms with Gasteiger partial charge in [-0.25, -0.2) is 9.18 Å². The molecule has 3 amide bonds. The summed E-state index contributed by atoms with van der Waals surface area (Å²) in [6.07, 6.45) is 0.459. The predicted molar refractivity (Wildman–Crippen MR) is 86.1 cm³/mol. The van der Waals surface area contributed by atoms with Crippen molar-refractivity contribution in [1.82, 2.24) is 10.2 Å². The van der Waals surface area contributed by atoms with Crippen molar-refractivity contribution in [3.63, 3.8) is 0 Å². The summed E-state index contributed by atoms with van der Waals surface area (Å²) in [5.74, 6) is -0.115. The number of nitrogens with zero attached hydrogens (tertiary/aromatic N) is 1. The molecule has 1 saturated heterocycles.